The number of benzene rings is 1. The highest BCUT2D eigenvalue weighted by molar-refractivity contribution is 5.95. The molecule has 2 N–H and O–H groups in total. The second-order valence-corrected chi connectivity index (χ2v) is 4.85. The molecular formula is C14H19ClN2O3. The fourth-order valence-electron chi connectivity index (χ4n) is 2.43. The van der Waals surface area contributed by atoms with Gasteiger partial charge in [0.05, 0.1) is 6.04 Å². The quantitative estimate of drug-likeness (QED) is 0.876. The molecular weight excluding hydrogens is 280 g/mol. The van der Waals surface area contributed by atoms with Crippen LogP contribution in [0.5, 0.6) is 11.5 Å². The van der Waals surface area contributed by atoms with Gasteiger partial charge in [0, 0.05) is 11.8 Å². The number of rotatable bonds is 2. The highest BCUT2D eigenvalue weighted by Crippen LogP contribution is 2.32. The molecule has 0 radical (unpaired) electrons. The van der Waals surface area contributed by atoms with E-state index in [4.69, 9.17) is 9.47 Å². The number of fused-ring (bicyclic) bond motifs is 1. The summed E-state index contributed by atoms with van der Waals surface area (Å²) in [5.74, 6) is 1.46. The van der Waals surface area contributed by atoms with Crippen LogP contribution in [0.25, 0.3) is 0 Å². The van der Waals surface area contributed by atoms with Crippen LogP contribution in [-0.2, 0) is 4.79 Å². The maximum absolute atomic E-state index is 12.1. The molecule has 1 saturated heterocycles. The molecule has 5 nitrogen and oxygen atoms in total. The molecule has 0 saturated carbocycles. The highest BCUT2D eigenvalue weighted by Gasteiger charge is 2.21. The lowest BCUT2D eigenvalue weighted by molar-refractivity contribution is -0.118. The summed E-state index contributed by atoms with van der Waals surface area (Å²) in [6.07, 6.45) is 3.15. The lowest BCUT2D eigenvalue weighted by Crippen LogP contribution is -2.43. The van der Waals surface area contributed by atoms with Crippen LogP contribution in [-0.4, -0.2) is 31.7 Å². The van der Waals surface area contributed by atoms with Gasteiger partial charge in [-0.15, -0.1) is 12.4 Å². The van der Waals surface area contributed by atoms with Gasteiger partial charge in [0.2, 0.25) is 5.91 Å². The van der Waals surface area contributed by atoms with Crippen LogP contribution < -0.4 is 20.1 Å². The zero-order chi connectivity index (χ0) is 13.1. The van der Waals surface area contributed by atoms with Crippen molar-refractivity contribution in [3.05, 3.63) is 18.2 Å². The minimum atomic E-state index is -0.0815. The third-order valence-corrected chi connectivity index (χ3v) is 3.44. The molecule has 1 atom stereocenters. The molecule has 1 aromatic carbocycles. The van der Waals surface area contributed by atoms with Crippen LogP contribution in [0, 0.1) is 0 Å². The molecule has 20 heavy (non-hydrogen) atoms. The Balaban J connectivity index is 0.00000147. The Bertz CT molecular complexity index is 475. The second kappa shape index (κ2) is 6.81. The van der Waals surface area contributed by atoms with Crippen molar-refractivity contribution in [2.24, 2.45) is 0 Å². The smallest absolute Gasteiger partial charge is 0.241 e. The molecule has 0 aliphatic carbocycles. The zero-order valence-electron chi connectivity index (χ0n) is 11.2. The Labute approximate surface area is 124 Å². The first kappa shape index (κ1) is 14.9. The molecule has 3 rings (SSSR count). The fourth-order valence-corrected chi connectivity index (χ4v) is 2.43. The molecule has 2 aliphatic heterocycles. The number of carbonyl (C=O) groups is 1. The van der Waals surface area contributed by atoms with Crippen LogP contribution in [0.3, 0.4) is 0 Å². The largest absolute Gasteiger partial charge is 0.486 e. The van der Waals surface area contributed by atoms with Crippen LogP contribution in [0.2, 0.25) is 0 Å². The van der Waals surface area contributed by atoms with Gasteiger partial charge in [-0.2, -0.15) is 0 Å². The normalized spacial score (nSPS) is 20.7. The van der Waals surface area contributed by atoms with Crippen LogP contribution in [0.1, 0.15) is 19.3 Å². The first-order valence-corrected chi connectivity index (χ1v) is 6.77. The number of hydrogen-bond donors (Lipinski definition) is 2. The molecule has 2 heterocycles. The Hall–Kier alpha value is -1.46. The lowest BCUT2D eigenvalue weighted by Gasteiger charge is -2.23. The van der Waals surface area contributed by atoms with E-state index in [1.807, 2.05) is 18.2 Å². The monoisotopic (exact) mass is 298 g/mol. The minimum absolute atomic E-state index is 0. The van der Waals surface area contributed by atoms with Crippen molar-refractivity contribution in [1.29, 1.82) is 0 Å². The first-order chi connectivity index (χ1) is 9.33. The number of halogens is 1. The van der Waals surface area contributed by atoms with Gasteiger partial charge in [-0.05, 0) is 31.5 Å². The van der Waals surface area contributed by atoms with E-state index in [2.05, 4.69) is 10.6 Å². The van der Waals surface area contributed by atoms with Gasteiger partial charge in [0.15, 0.2) is 11.5 Å². The van der Waals surface area contributed by atoms with Crippen LogP contribution in [0.15, 0.2) is 18.2 Å². The molecule has 1 fully saturated rings. The Morgan fingerprint density at radius 1 is 1.20 bits per heavy atom. The van der Waals surface area contributed by atoms with E-state index in [-0.39, 0.29) is 24.4 Å². The van der Waals surface area contributed by atoms with E-state index < -0.39 is 0 Å². The number of anilines is 1. The van der Waals surface area contributed by atoms with Gasteiger partial charge < -0.3 is 20.1 Å². The molecule has 0 spiro atoms. The third-order valence-electron chi connectivity index (χ3n) is 3.44. The summed E-state index contributed by atoms with van der Waals surface area (Å²) in [6.45, 7) is 2.04. The van der Waals surface area contributed by atoms with Crippen molar-refractivity contribution in [2.75, 3.05) is 25.1 Å². The van der Waals surface area contributed by atoms with Crippen molar-refractivity contribution in [1.82, 2.24) is 5.32 Å². The van der Waals surface area contributed by atoms with E-state index in [1.165, 1.54) is 0 Å². The standard InChI is InChI=1S/C14H18N2O3.ClH/c17-14(11-3-1-2-6-15-11)16-10-4-5-12-13(9-10)19-8-7-18-12;/h4-5,9,11,15H,1-3,6-8H2,(H,16,17);1H/t11-;/m0./s1. The average Bonchev–Trinajstić information content (AvgIpc) is 2.48. The summed E-state index contributed by atoms with van der Waals surface area (Å²) >= 11 is 0. The topological polar surface area (TPSA) is 59.6 Å². The SMILES string of the molecule is Cl.O=C(Nc1ccc2c(c1)OCCO2)[C@@H]1CCCCN1. The number of nitrogens with one attached hydrogen (secondary N) is 2. The van der Waals surface area contributed by atoms with Gasteiger partial charge in [-0.25, -0.2) is 0 Å². The van der Waals surface area contributed by atoms with Gasteiger partial charge in [-0.3, -0.25) is 4.79 Å². The fraction of sp³-hybridized carbons (Fsp3) is 0.500. The van der Waals surface area contributed by atoms with Gasteiger partial charge in [-0.1, -0.05) is 6.42 Å². The summed E-state index contributed by atoms with van der Waals surface area (Å²) in [6, 6.07) is 5.41. The van der Waals surface area contributed by atoms with Crippen molar-refractivity contribution in [3.63, 3.8) is 0 Å². The van der Waals surface area contributed by atoms with E-state index in [0.29, 0.717) is 19.0 Å². The van der Waals surface area contributed by atoms with Gasteiger partial charge >= 0.3 is 0 Å². The van der Waals surface area contributed by atoms with Crippen molar-refractivity contribution < 1.29 is 14.3 Å². The molecule has 110 valence electrons. The van der Waals surface area contributed by atoms with Crippen LogP contribution in [0.4, 0.5) is 5.69 Å². The molecule has 1 amide bonds. The average molecular weight is 299 g/mol. The number of ether oxygens (including phenoxy) is 2. The molecule has 0 aromatic heterocycles. The number of amides is 1. The summed E-state index contributed by atoms with van der Waals surface area (Å²) < 4.78 is 10.9. The molecule has 0 bridgehead atoms. The van der Waals surface area contributed by atoms with E-state index in [9.17, 15) is 4.79 Å². The molecule has 0 unspecified atom stereocenters. The van der Waals surface area contributed by atoms with E-state index in [0.717, 1.165) is 37.2 Å². The summed E-state index contributed by atoms with van der Waals surface area (Å²) in [7, 11) is 0. The van der Waals surface area contributed by atoms with E-state index in [1.54, 1.807) is 0 Å². The Morgan fingerprint density at radius 3 is 2.75 bits per heavy atom. The second-order valence-electron chi connectivity index (χ2n) is 4.85. The maximum atomic E-state index is 12.1. The number of hydrogen-bond acceptors (Lipinski definition) is 4. The van der Waals surface area contributed by atoms with Crippen molar-refractivity contribution >= 4 is 24.0 Å². The summed E-state index contributed by atoms with van der Waals surface area (Å²) in [5, 5.41) is 6.16. The predicted molar refractivity (Wildman–Crippen MR) is 79.0 cm³/mol. The lowest BCUT2D eigenvalue weighted by atomic mass is 10.0. The Morgan fingerprint density at radius 2 is 2.00 bits per heavy atom. The third kappa shape index (κ3) is 3.35. The van der Waals surface area contributed by atoms with Crippen molar-refractivity contribution in [3.8, 4) is 11.5 Å². The zero-order valence-corrected chi connectivity index (χ0v) is 12.0. The van der Waals surface area contributed by atoms with Gasteiger partial charge in [0.25, 0.3) is 0 Å². The molecule has 1 aromatic rings. The molecule has 2 aliphatic rings. The predicted octanol–water partition coefficient (Wildman–Crippen LogP) is 1.96. The van der Waals surface area contributed by atoms with E-state index >= 15 is 0 Å². The summed E-state index contributed by atoms with van der Waals surface area (Å²) in [5.41, 5.74) is 0.752. The first-order valence-electron chi connectivity index (χ1n) is 6.77. The molecule has 6 heteroatoms. The van der Waals surface area contributed by atoms with Crippen molar-refractivity contribution in [2.45, 2.75) is 25.3 Å². The highest BCUT2D eigenvalue weighted by atomic mass is 35.5. The number of carbonyl (C=O) groups excluding carboxylic acids is 1. The minimum Gasteiger partial charge on any atom is -0.486 e. The summed E-state index contributed by atoms with van der Waals surface area (Å²) in [4.78, 5) is 12.1. The van der Waals surface area contributed by atoms with Crippen LogP contribution >= 0.6 is 12.4 Å². The number of piperidine rings is 1. The maximum Gasteiger partial charge on any atom is 0.241 e. The van der Waals surface area contributed by atoms with Gasteiger partial charge in [0.1, 0.15) is 13.2 Å². The Kier molecular flexibility index (Phi) is 5.09.